The van der Waals surface area contributed by atoms with Crippen LogP contribution in [-0.2, 0) is 32.7 Å². The largest absolute Gasteiger partial charge is 0.472 e. The predicted octanol–water partition coefficient (Wildman–Crippen LogP) is 7.77. The first-order chi connectivity index (χ1) is 32.2. The molecule has 1 aliphatic carbocycles. The lowest BCUT2D eigenvalue weighted by atomic mass is 9.85. The SMILES string of the molecule is CC/C=C\C/C=C\C/C=C\C/C=C\C[C@H](O)[C@@H](O)CCCC(=O)OC[C@H](COP(=O)(O)OC1[C@H](O)[C@H](O)C(O)[C@H](O)[C@H]1O)OC(=O)CCCCC/C=C\C/C=C\C/C=C\C/C=C\CCCCC. The second-order valence-corrected chi connectivity index (χ2v) is 17.9. The Labute approximate surface area is 399 Å². The van der Waals surface area contributed by atoms with Crippen molar-refractivity contribution in [1.82, 2.24) is 0 Å². The van der Waals surface area contributed by atoms with Gasteiger partial charge in [-0.25, -0.2) is 4.57 Å². The number of rotatable bonds is 38. The lowest BCUT2D eigenvalue weighted by Crippen LogP contribution is -2.64. The number of hydrogen-bond donors (Lipinski definition) is 8. The molecule has 0 amide bonds. The maximum atomic E-state index is 12.8. The topological polar surface area (TPSA) is 250 Å². The molecule has 3 unspecified atom stereocenters. The molecule has 0 aromatic rings. The molecule has 0 bridgehead atoms. The Bertz CT molecular complexity index is 1570. The van der Waals surface area contributed by atoms with Crippen LogP contribution in [0.1, 0.15) is 142 Å². The van der Waals surface area contributed by atoms with Gasteiger partial charge in [-0.15, -0.1) is 0 Å². The minimum atomic E-state index is -5.21. The van der Waals surface area contributed by atoms with Gasteiger partial charge < -0.3 is 50.1 Å². The van der Waals surface area contributed by atoms with E-state index in [1.165, 1.54) is 19.3 Å². The number of ether oxygens (including phenoxy) is 2. The van der Waals surface area contributed by atoms with E-state index >= 15 is 0 Å². The number of hydrogen-bond acceptors (Lipinski definition) is 14. The molecule has 0 radical (unpaired) electrons. The Hall–Kier alpha value is -3.31. The summed E-state index contributed by atoms with van der Waals surface area (Å²) in [5, 5.41) is 71.0. The van der Waals surface area contributed by atoms with Gasteiger partial charge in [0, 0.05) is 12.8 Å². The Morgan fingerprint density at radius 3 is 1.52 bits per heavy atom. The molecule has 16 heteroatoms. The van der Waals surface area contributed by atoms with Crippen LogP contribution in [0.2, 0.25) is 0 Å². The number of carbonyl (C=O) groups excluding carboxylic acids is 2. The summed E-state index contributed by atoms with van der Waals surface area (Å²) in [5.41, 5.74) is 0. The number of allylic oxidation sites excluding steroid dienone is 15. The predicted molar refractivity (Wildman–Crippen MR) is 260 cm³/mol. The van der Waals surface area contributed by atoms with E-state index in [1.807, 2.05) is 12.2 Å². The molecule has 8 N–H and O–H groups in total. The van der Waals surface area contributed by atoms with E-state index in [1.54, 1.807) is 6.08 Å². The molecule has 0 aromatic carbocycles. The fraction of sp³-hybridized carbons (Fsp3) is 0.647. The highest BCUT2D eigenvalue weighted by Gasteiger charge is 2.51. The summed E-state index contributed by atoms with van der Waals surface area (Å²) in [6, 6.07) is 0. The summed E-state index contributed by atoms with van der Waals surface area (Å²) in [6.45, 7) is 2.87. The van der Waals surface area contributed by atoms with Crippen LogP contribution in [0.5, 0.6) is 0 Å². The van der Waals surface area contributed by atoms with Crippen molar-refractivity contribution in [3.8, 4) is 0 Å². The van der Waals surface area contributed by atoms with Crippen LogP contribution in [0.15, 0.2) is 97.2 Å². The van der Waals surface area contributed by atoms with Crippen molar-refractivity contribution in [1.29, 1.82) is 0 Å². The molecule has 1 fully saturated rings. The molecule has 15 nitrogen and oxygen atoms in total. The van der Waals surface area contributed by atoms with Gasteiger partial charge in [-0.3, -0.25) is 18.6 Å². The standard InChI is InChI=1S/C51H83O15P/c1-3-5-7-9-11-13-15-17-18-19-20-21-22-23-25-27-29-31-33-37-45(55)65-41(40-64-67(61,62)66-51-49(59)47(57)46(56)48(58)50(51)60)39-63-44(54)38-34-36-43(53)42(52)35-32-30-28-26-24-16-14-12-10-8-6-4-2/h6,8,11-14,17-18,20-21,23-26,30,32,41-43,46-53,56-60H,3-5,7,9-10,15-16,19,22,27-29,31,33-40H2,1-2H3,(H,61,62)/b8-6-,13-11-,14-12-,18-17-,21-20-,25-23-,26-24-,32-30-/t41-,42+,43+,46?,47-,48+,49-,50-,51?/m1/s1. The zero-order chi connectivity index (χ0) is 49.5. The lowest BCUT2D eigenvalue weighted by molar-refractivity contribution is -0.220. The van der Waals surface area contributed by atoms with E-state index in [9.17, 15) is 54.8 Å². The molecular weight excluding hydrogens is 884 g/mol. The summed E-state index contributed by atoms with van der Waals surface area (Å²) in [5.74, 6) is -1.43. The van der Waals surface area contributed by atoms with Crippen molar-refractivity contribution in [2.45, 2.75) is 197 Å². The van der Waals surface area contributed by atoms with Crippen LogP contribution >= 0.6 is 7.82 Å². The van der Waals surface area contributed by atoms with E-state index in [2.05, 4.69) is 92.8 Å². The molecule has 1 rings (SSSR count). The van der Waals surface area contributed by atoms with Crippen LogP contribution in [0.3, 0.4) is 0 Å². The van der Waals surface area contributed by atoms with Crippen molar-refractivity contribution >= 4 is 19.8 Å². The van der Waals surface area contributed by atoms with E-state index in [0.29, 0.717) is 19.3 Å². The molecule has 1 aliphatic rings. The zero-order valence-corrected chi connectivity index (χ0v) is 40.8. The average molecular weight is 967 g/mol. The van der Waals surface area contributed by atoms with Crippen molar-refractivity contribution < 1.29 is 73.3 Å². The number of phosphoric ester groups is 1. The van der Waals surface area contributed by atoms with E-state index in [0.717, 1.165) is 57.8 Å². The fourth-order valence-corrected chi connectivity index (χ4v) is 7.56. The number of phosphoric acid groups is 1. The van der Waals surface area contributed by atoms with Gasteiger partial charge in [0.05, 0.1) is 18.8 Å². The quantitative estimate of drug-likeness (QED) is 0.0127. The van der Waals surface area contributed by atoms with Gasteiger partial charge in [-0.2, -0.15) is 0 Å². The van der Waals surface area contributed by atoms with Gasteiger partial charge in [-0.1, -0.05) is 130 Å². The molecule has 382 valence electrons. The van der Waals surface area contributed by atoms with Gasteiger partial charge >= 0.3 is 19.8 Å². The second kappa shape index (κ2) is 39.5. The van der Waals surface area contributed by atoms with Crippen LogP contribution in [0.25, 0.3) is 0 Å². The summed E-state index contributed by atoms with van der Waals surface area (Å²) >= 11 is 0. The minimum absolute atomic E-state index is 0.00790. The van der Waals surface area contributed by atoms with Crippen LogP contribution in [-0.4, -0.2) is 121 Å². The Morgan fingerprint density at radius 1 is 0.537 bits per heavy atom. The molecular formula is C51H83O15P. The monoisotopic (exact) mass is 967 g/mol. The fourth-order valence-electron chi connectivity index (χ4n) is 6.59. The van der Waals surface area contributed by atoms with Crippen molar-refractivity contribution in [3.63, 3.8) is 0 Å². The molecule has 0 aromatic heterocycles. The number of carbonyl (C=O) groups is 2. The van der Waals surface area contributed by atoms with E-state index in [-0.39, 0.29) is 32.1 Å². The molecule has 0 aliphatic heterocycles. The average Bonchev–Trinajstić information content (AvgIpc) is 3.30. The first-order valence-electron chi connectivity index (χ1n) is 24.2. The summed E-state index contributed by atoms with van der Waals surface area (Å²) in [4.78, 5) is 35.8. The third-order valence-corrected chi connectivity index (χ3v) is 11.6. The Morgan fingerprint density at radius 2 is 1.00 bits per heavy atom. The van der Waals surface area contributed by atoms with Gasteiger partial charge in [0.1, 0.15) is 43.2 Å². The lowest BCUT2D eigenvalue weighted by Gasteiger charge is -2.41. The molecule has 10 atom stereocenters. The normalized spacial score (nSPS) is 23.0. The molecule has 67 heavy (non-hydrogen) atoms. The number of unbranched alkanes of at least 4 members (excludes halogenated alkanes) is 6. The van der Waals surface area contributed by atoms with Crippen LogP contribution in [0.4, 0.5) is 0 Å². The maximum absolute atomic E-state index is 12.8. The second-order valence-electron chi connectivity index (χ2n) is 16.5. The summed E-state index contributed by atoms with van der Waals surface area (Å²) in [6.07, 6.45) is 31.8. The molecule has 0 heterocycles. The van der Waals surface area contributed by atoms with Gasteiger partial charge in [-0.05, 0) is 96.3 Å². The highest BCUT2D eigenvalue weighted by Crippen LogP contribution is 2.47. The first kappa shape index (κ1) is 61.7. The highest BCUT2D eigenvalue weighted by atomic mass is 31.2. The smallest absolute Gasteiger partial charge is 0.462 e. The van der Waals surface area contributed by atoms with E-state index in [4.69, 9.17) is 18.5 Å². The third-order valence-electron chi connectivity index (χ3n) is 10.6. The zero-order valence-electron chi connectivity index (χ0n) is 39.9. The highest BCUT2D eigenvalue weighted by molar-refractivity contribution is 7.47. The van der Waals surface area contributed by atoms with Gasteiger partial charge in [0.25, 0.3) is 0 Å². The van der Waals surface area contributed by atoms with Gasteiger partial charge in [0.2, 0.25) is 0 Å². The third kappa shape index (κ3) is 31.4. The van der Waals surface area contributed by atoms with Crippen molar-refractivity contribution in [3.05, 3.63) is 97.2 Å². The number of aliphatic hydroxyl groups excluding tert-OH is 7. The summed E-state index contributed by atoms with van der Waals surface area (Å²) < 4.78 is 33.3. The van der Waals surface area contributed by atoms with Crippen molar-refractivity contribution in [2.24, 2.45) is 0 Å². The van der Waals surface area contributed by atoms with E-state index < -0.39 is 87.9 Å². The molecule has 0 saturated heterocycles. The number of esters is 2. The number of aliphatic hydroxyl groups is 7. The Balaban J connectivity index is 2.58. The maximum Gasteiger partial charge on any atom is 0.472 e. The summed E-state index contributed by atoms with van der Waals surface area (Å²) in [7, 11) is -5.21. The first-order valence-corrected chi connectivity index (χ1v) is 25.7. The van der Waals surface area contributed by atoms with Crippen molar-refractivity contribution in [2.75, 3.05) is 13.2 Å². The molecule has 1 saturated carbocycles. The Kier molecular flexibility index (Phi) is 36.4. The molecule has 0 spiro atoms. The minimum Gasteiger partial charge on any atom is -0.462 e. The van der Waals surface area contributed by atoms with Crippen LogP contribution < -0.4 is 0 Å². The van der Waals surface area contributed by atoms with Gasteiger partial charge in [0.15, 0.2) is 6.10 Å². The van der Waals surface area contributed by atoms with Crippen LogP contribution in [0, 0.1) is 0 Å².